The van der Waals surface area contributed by atoms with Gasteiger partial charge in [0.05, 0.1) is 0 Å². The van der Waals surface area contributed by atoms with Gasteiger partial charge in [-0.25, -0.2) is 4.79 Å². The van der Waals surface area contributed by atoms with Crippen LogP contribution in [0.15, 0.2) is 48.5 Å². The molecule has 4 rings (SSSR count). The topological polar surface area (TPSA) is 77.6 Å². The summed E-state index contributed by atoms with van der Waals surface area (Å²) in [5.74, 6) is 0.192. The number of rotatable bonds is 4. The van der Waals surface area contributed by atoms with Crippen LogP contribution >= 0.6 is 0 Å². The number of esters is 1. The molecule has 6 heteroatoms. The zero-order valence-electron chi connectivity index (χ0n) is 14.2. The van der Waals surface area contributed by atoms with Gasteiger partial charge in [0.25, 0.3) is 0 Å². The fourth-order valence-corrected chi connectivity index (χ4v) is 3.07. The van der Waals surface area contributed by atoms with Gasteiger partial charge in [0.15, 0.2) is 18.1 Å². The summed E-state index contributed by atoms with van der Waals surface area (Å²) >= 11 is 0. The number of benzene rings is 2. The van der Waals surface area contributed by atoms with E-state index in [1.807, 2.05) is 37.3 Å². The Balaban J connectivity index is 1.43. The SMILES string of the molecule is Cc1[nH]c2ccccc2c1C(=O)COC(=O)C1COc2ccccc2O1. The molecule has 2 aromatic carbocycles. The van der Waals surface area contributed by atoms with Gasteiger partial charge in [0, 0.05) is 22.2 Å². The van der Waals surface area contributed by atoms with E-state index in [4.69, 9.17) is 14.2 Å². The maximum absolute atomic E-state index is 12.6. The van der Waals surface area contributed by atoms with Gasteiger partial charge in [-0.3, -0.25) is 4.79 Å². The minimum atomic E-state index is -0.887. The molecule has 1 unspecified atom stereocenters. The molecule has 132 valence electrons. The van der Waals surface area contributed by atoms with Crippen LogP contribution in [-0.2, 0) is 9.53 Å². The van der Waals surface area contributed by atoms with E-state index in [9.17, 15) is 9.59 Å². The number of aryl methyl sites for hydroxylation is 1. The lowest BCUT2D eigenvalue weighted by Crippen LogP contribution is -2.38. The second-order valence-corrected chi connectivity index (χ2v) is 6.07. The van der Waals surface area contributed by atoms with E-state index in [-0.39, 0.29) is 19.0 Å². The van der Waals surface area contributed by atoms with Crippen LogP contribution in [0.5, 0.6) is 11.5 Å². The summed E-state index contributed by atoms with van der Waals surface area (Å²) in [6, 6.07) is 14.6. The predicted octanol–water partition coefficient (Wildman–Crippen LogP) is 3.04. The van der Waals surface area contributed by atoms with E-state index in [2.05, 4.69) is 4.98 Å². The molecule has 0 fully saturated rings. The standard InChI is InChI=1S/C20H17NO5/c1-12-19(13-6-2-3-7-14(13)21-12)15(22)10-25-20(23)18-11-24-16-8-4-5-9-17(16)26-18/h2-9,18,21H,10-11H2,1H3. The monoisotopic (exact) mass is 351 g/mol. The summed E-state index contributed by atoms with van der Waals surface area (Å²) < 4.78 is 16.3. The van der Waals surface area contributed by atoms with Crippen molar-refractivity contribution < 1.29 is 23.8 Å². The van der Waals surface area contributed by atoms with Crippen molar-refractivity contribution >= 4 is 22.7 Å². The lowest BCUT2D eigenvalue weighted by Gasteiger charge is -2.24. The molecule has 3 aromatic rings. The normalized spacial score (nSPS) is 15.7. The quantitative estimate of drug-likeness (QED) is 0.577. The molecule has 0 spiro atoms. The van der Waals surface area contributed by atoms with Crippen molar-refractivity contribution in [3.8, 4) is 11.5 Å². The molecule has 1 atom stereocenters. The van der Waals surface area contributed by atoms with Crippen LogP contribution < -0.4 is 9.47 Å². The molecule has 0 amide bonds. The molecule has 0 saturated carbocycles. The van der Waals surface area contributed by atoms with E-state index >= 15 is 0 Å². The lowest BCUT2D eigenvalue weighted by atomic mass is 10.1. The fourth-order valence-electron chi connectivity index (χ4n) is 3.07. The van der Waals surface area contributed by atoms with Gasteiger partial charge in [-0.2, -0.15) is 0 Å². The van der Waals surface area contributed by atoms with Gasteiger partial charge in [-0.05, 0) is 25.1 Å². The van der Waals surface area contributed by atoms with Gasteiger partial charge in [-0.15, -0.1) is 0 Å². The third-order valence-corrected chi connectivity index (χ3v) is 4.29. The Kier molecular flexibility index (Phi) is 4.08. The van der Waals surface area contributed by atoms with Crippen molar-refractivity contribution in [2.75, 3.05) is 13.2 Å². The van der Waals surface area contributed by atoms with Gasteiger partial charge < -0.3 is 19.2 Å². The van der Waals surface area contributed by atoms with Crippen LogP contribution in [0.4, 0.5) is 0 Å². The molecular weight excluding hydrogens is 334 g/mol. The highest BCUT2D eigenvalue weighted by Crippen LogP contribution is 2.31. The first-order valence-corrected chi connectivity index (χ1v) is 8.29. The van der Waals surface area contributed by atoms with Gasteiger partial charge in [0.1, 0.15) is 6.61 Å². The Morgan fingerprint density at radius 2 is 1.85 bits per heavy atom. The highest BCUT2D eigenvalue weighted by molar-refractivity contribution is 6.10. The molecular formula is C20H17NO5. The number of hydrogen-bond acceptors (Lipinski definition) is 5. The number of ether oxygens (including phenoxy) is 3. The second kappa shape index (κ2) is 6.55. The second-order valence-electron chi connectivity index (χ2n) is 6.07. The highest BCUT2D eigenvalue weighted by Gasteiger charge is 2.29. The highest BCUT2D eigenvalue weighted by atomic mass is 16.6. The third kappa shape index (κ3) is 2.90. The van der Waals surface area contributed by atoms with Crippen molar-refractivity contribution in [3.05, 3.63) is 59.8 Å². The molecule has 2 heterocycles. The van der Waals surface area contributed by atoms with Crippen LogP contribution in [-0.4, -0.2) is 36.1 Å². The molecule has 0 radical (unpaired) electrons. The molecule has 0 bridgehead atoms. The molecule has 0 aliphatic carbocycles. The van der Waals surface area contributed by atoms with E-state index in [0.717, 1.165) is 16.6 Å². The average Bonchev–Trinajstić information content (AvgIpc) is 3.01. The predicted molar refractivity (Wildman–Crippen MR) is 94.7 cm³/mol. The van der Waals surface area contributed by atoms with Crippen LogP contribution in [0, 0.1) is 6.92 Å². The molecule has 1 aliphatic rings. The number of fused-ring (bicyclic) bond motifs is 2. The summed E-state index contributed by atoms with van der Waals surface area (Å²) in [4.78, 5) is 28.0. The van der Waals surface area contributed by atoms with E-state index in [0.29, 0.717) is 17.1 Å². The van der Waals surface area contributed by atoms with Crippen LogP contribution in [0.1, 0.15) is 16.1 Å². The minimum Gasteiger partial charge on any atom is -0.485 e. The number of H-pyrrole nitrogens is 1. The molecule has 1 aromatic heterocycles. The van der Waals surface area contributed by atoms with E-state index < -0.39 is 12.1 Å². The van der Waals surface area contributed by atoms with Crippen LogP contribution in [0.3, 0.4) is 0 Å². The number of ketones is 1. The molecule has 0 saturated heterocycles. The van der Waals surface area contributed by atoms with E-state index in [1.54, 1.807) is 18.2 Å². The average molecular weight is 351 g/mol. The number of aromatic nitrogens is 1. The first-order valence-electron chi connectivity index (χ1n) is 8.29. The molecule has 26 heavy (non-hydrogen) atoms. The summed E-state index contributed by atoms with van der Waals surface area (Å²) in [6.45, 7) is 1.53. The van der Waals surface area contributed by atoms with Crippen molar-refractivity contribution in [2.24, 2.45) is 0 Å². The van der Waals surface area contributed by atoms with E-state index in [1.165, 1.54) is 0 Å². The minimum absolute atomic E-state index is 0.0517. The Morgan fingerprint density at radius 1 is 1.12 bits per heavy atom. The van der Waals surface area contributed by atoms with Gasteiger partial charge in [0.2, 0.25) is 11.9 Å². The van der Waals surface area contributed by atoms with Gasteiger partial charge in [-0.1, -0.05) is 30.3 Å². The zero-order chi connectivity index (χ0) is 18.1. The molecule has 1 N–H and O–H groups in total. The summed E-state index contributed by atoms with van der Waals surface area (Å²) in [7, 11) is 0. The Morgan fingerprint density at radius 3 is 2.69 bits per heavy atom. The zero-order valence-corrected chi connectivity index (χ0v) is 14.2. The number of nitrogens with one attached hydrogen (secondary N) is 1. The number of hydrogen-bond donors (Lipinski definition) is 1. The Labute approximate surface area is 149 Å². The summed E-state index contributed by atoms with van der Waals surface area (Å²) in [6.07, 6.45) is -0.887. The van der Waals surface area contributed by atoms with Crippen LogP contribution in [0.2, 0.25) is 0 Å². The Hall–Kier alpha value is -3.28. The first kappa shape index (κ1) is 16.2. The number of aromatic amines is 1. The summed E-state index contributed by atoms with van der Waals surface area (Å²) in [5.41, 5.74) is 2.17. The lowest BCUT2D eigenvalue weighted by molar-refractivity contribution is -0.153. The van der Waals surface area contributed by atoms with Crippen molar-refractivity contribution in [2.45, 2.75) is 13.0 Å². The molecule has 1 aliphatic heterocycles. The fraction of sp³-hybridized carbons (Fsp3) is 0.200. The molecule has 6 nitrogen and oxygen atoms in total. The van der Waals surface area contributed by atoms with Crippen molar-refractivity contribution in [1.82, 2.24) is 4.98 Å². The maximum Gasteiger partial charge on any atom is 0.351 e. The number of para-hydroxylation sites is 3. The van der Waals surface area contributed by atoms with Crippen LogP contribution in [0.25, 0.3) is 10.9 Å². The Bertz CT molecular complexity index is 991. The van der Waals surface area contributed by atoms with Crippen molar-refractivity contribution in [1.29, 1.82) is 0 Å². The first-order chi connectivity index (χ1) is 12.6. The largest absolute Gasteiger partial charge is 0.485 e. The smallest absolute Gasteiger partial charge is 0.351 e. The maximum atomic E-state index is 12.6. The number of carbonyl (C=O) groups excluding carboxylic acids is 2. The van der Waals surface area contributed by atoms with Gasteiger partial charge >= 0.3 is 5.97 Å². The number of carbonyl (C=O) groups is 2. The summed E-state index contributed by atoms with van der Waals surface area (Å²) in [5, 5.41) is 0.817. The number of Topliss-reactive ketones (excluding diaryl/α,β-unsaturated/α-hetero) is 1. The third-order valence-electron chi connectivity index (χ3n) is 4.29. The van der Waals surface area contributed by atoms with Crippen molar-refractivity contribution in [3.63, 3.8) is 0 Å².